The van der Waals surface area contributed by atoms with Gasteiger partial charge in [-0.3, -0.25) is 4.79 Å². The number of benzene rings is 1. The molecule has 106 valence electrons. The Labute approximate surface area is 118 Å². The number of nitrogens with one attached hydrogen (secondary N) is 1. The van der Waals surface area contributed by atoms with Gasteiger partial charge in [0.15, 0.2) is 11.5 Å². The maximum absolute atomic E-state index is 12.6. The van der Waals surface area contributed by atoms with Crippen molar-refractivity contribution in [2.75, 3.05) is 13.7 Å². The van der Waals surface area contributed by atoms with E-state index in [4.69, 9.17) is 10.1 Å². The average molecular weight is 274 g/mol. The molecule has 1 aliphatic rings. The van der Waals surface area contributed by atoms with Crippen molar-refractivity contribution >= 4 is 12.1 Å². The van der Waals surface area contributed by atoms with Crippen LogP contribution in [0.5, 0.6) is 11.5 Å². The molecule has 1 saturated heterocycles. The van der Waals surface area contributed by atoms with Crippen LogP contribution in [0.25, 0.3) is 0 Å². The molecule has 1 aromatic rings. The second kappa shape index (κ2) is 5.36. The first-order valence-electron chi connectivity index (χ1n) is 6.33. The van der Waals surface area contributed by atoms with Crippen molar-refractivity contribution < 1.29 is 14.6 Å². The Morgan fingerprint density at radius 2 is 2.30 bits per heavy atom. The normalized spacial score (nSPS) is 18.2. The highest BCUT2D eigenvalue weighted by atomic mass is 16.5. The first kappa shape index (κ1) is 14.1. The lowest BCUT2D eigenvalue weighted by Gasteiger charge is -2.22. The summed E-state index contributed by atoms with van der Waals surface area (Å²) in [6.45, 7) is 6.11. The highest BCUT2D eigenvalue weighted by molar-refractivity contribution is 5.98. The number of nitrogens with zero attached hydrogens (tertiary/aromatic N) is 1. The molecule has 0 spiro atoms. The zero-order chi connectivity index (χ0) is 14.9. The molecule has 1 aliphatic heterocycles. The number of phenolic OH excluding ortho intramolecular Hbond substituents is 1. The quantitative estimate of drug-likeness (QED) is 0.655. The number of hydrogen-bond donors (Lipinski definition) is 2. The van der Waals surface area contributed by atoms with Gasteiger partial charge in [0.1, 0.15) is 0 Å². The Balaban J connectivity index is 2.38. The number of amides is 1. The molecular formula is C15H18N2O3. The molecule has 1 amide bonds. The van der Waals surface area contributed by atoms with Crippen LogP contribution in [0.2, 0.25) is 0 Å². The molecule has 0 bridgehead atoms. The van der Waals surface area contributed by atoms with Crippen LogP contribution >= 0.6 is 0 Å². The molecule has 0 radical (unpaired) electrons. The molecule has 1 aromatic carbocycles. The predicted molar refractivity (Wildman–Crippen MR) is 76.8 cm³/mol. The molecule has 20 heavy (non-hydrogen) atoms. The van der Waals surface area contributed by atoms with Gasteiger partial charge in [-0.25, -0.2) is 0 Å². The van der Waals surface area contributed by atoms with Gasteiger partial charge in [-0.15, -0.1) is 0 Å². The van der Waals surface area contributed by atoms with E-state index in [1.165, 1.54) is 25.5 Å². The van der Waals surface area contributed by atoms with Crippen molar-refractivity contribution in [3.63, 3.8) is 0 Å². The lowest BCUT2D eigenvalue weighted by Crippen LogP contribution is -2.36. The van der Waals surface area contributed by atoms with Crippen LogP contribution in [-0.2, 0) is 0 Å². The number of aromatic hydroxyl groups is 1. The number of hydrogen-bond acceptors (Lipinski definition) is 4. The van der Waals surface area contributed by atoms with Gasteiger partial charge >= 0.3 is 0 Å². The monoisotopic (exact) mass is 274 g/mol. The summed E-state index contributed by atoms with van der Waals surface area (Å²) < 4.78 is 5.04. The van der Waals surface area contributed by atoms with E-state index in [0.29, 0.717) is 24.1 Å². The Kier molecular flexibility index (Phi) is 3.79. The Bertz CT molecular complexity index is 581. The molecule has 5 nitrogen and oxygen atoms in total. The van der Waals surface area contributed by atoms with Gasteiger partial charge in [-0.05, 0) is 31.0 Å². The molecule has 1 fully saturated rings. The molecule has 0 saturated carbocycles. The number of ether oxygens (including phenoxy) is 1. The first-order chi connectivity index (χ1) is 9.47. The molecule has 5 heteroatoms. The highest BCUT2D eigenvalue weighted by Gasteiger charge is 2.31. The third-order valence-corrected chi connectivity index (χ3v) is 3.50. The second-order valence-corrected chi connectivity index (χ2v) is 4.96. The van der Waals surface area contributed by atoms with Crippen LogP contribution < -0.4 is 4.74 Å². The van der Waals surface area contributed by atoms with Crippen LogP contribution in [-0.4, -0.2) is 41.8 Å². The van der Waals surface area contributed by atoms with Crippen LogP contribution in [0, 0.1) is 12.3 Å². The molecule has 0 aliphatic carbocycles. The van der Waals surface area contributed by atoms with Crippen molar-refractivity contribution in [3.8, 4) is 11.5 Å². The number of aryl methyl sites for hydroxylation is 1. The van der Waals surface area contributed by atoms with Gasteiger partial charge in [0.2, 0.25) is 0 Å². The van der Waals surface area contributed by atoms with E-state index in [2.05, 4.69) is 6.58 Å². The summed E-state index contributed by atoms with van der Waals surface area (Å²) in [4.78, 5) is 14.2. The number of rotatable bonds is 3. The maximum atomic E-state index is 12.6. The molecular weight excluding hydrogens is 256 g/mol. The Hall–Kier alpha value is -2.30. The van der Waals surface area contributed by atoms with Gasteiger partial charge in [0.25, 0.3) is 5.91 Å². The van der Waals surface area contributed by atoms with Crippen molar-refractivity contribution in [2.45, 2.75) is 19.4 Å². The zero-order valence-electron chi connectivity index (χ0n) is 11.6. The fourth-order valence-electron chi connectivity index (χ4n) is 2.42. The van der Waals surface area contributed by atoms with Gasteiger partial charge in [-0.1, -0.05) is 12.2 Å². The molecule has 0 unspecified atom stereocenters. The summed E-state index contributed by atoms with van der Waals surface area (Å²) >= 11 is 0. The second-order valence-electron chi connectivity index (χ2n) is 4.96. The summed E-state index contributed by atoms with van der Waals surface area (Å²) in [6.07, 6.45) is 1.90. The summed E-state index contributed by atoms with van der Waals surface area (Å²) in [5, 5.41) is 17.1. The van der Waals surface area contributed by atoms with Crippen LogP contribution in [0.3, 0.4) is 0 Å². The summed E-state index contributed by atoms with van der Waals surface area (Å²) in [6, 6.07) is 2.81. The van der Waals surface area contributed by atoms with E-state index in [0.717, 1.165) is 5.57 Å². The maximum Gasteiger partial charge on any atom is 0.255 e. The van der Waals surface area contributed by atoms with Crippen molar-refractivity contribution in [3.05, 3.63) is 35.4 Å². The lowest BCUT2D eigenvalue weighted by molar-refractivity contribution is 0.0773. The van der Waals surface area contributed by atoms with E-state index in [1.807, 2.05) is 0 Å². The number of carbonyl (C=O) groups excluding carboxylic acids is 1. The summed E-state index contributed by atoms with van der Waals surface area (Å²) in [7, 11) is 1.44. The molecule has 0 aromatic heterocycles. The van der Waals surface area contributed by atoms with Gasteiger partial charge in [0, 0.05) is 18.3 Å². The molecule has 2 rings (SSSR count). The van der Waals surface area contributed by atoms with Gasteiger partial charge < -0.3 is 20.2 Å². The molecule has 2 N–H and O–H groups in total. The predicted octanol–water partition coefficient (Wildman–Crippen LogP) is 2.13. The average Bonchev–Trinajstić information content (AvgIpc) is 2.79. The lowest BCUT2D eigenvalue weighted by atomic mass is 10.1. The van der Waals surface area contributed by atoms with Crippen molar-refractivity contribution in [1.82, 2.24) is 4.90 Å². The van der Waals surface area contributed by atoms with Crippen LogP contribution in [0.15, 0.2) is 24.3 Å². The minimum absolute atomic E-state index is 0.0102. The van der Waals surface area contributed by atoms with Gasteiger partial charge in [-0.2, -0.15) is 0 Å². The number of methoxy groups -OCH3 is 1. The van der Waals surface area contributed by atoms with Crippen LogP contribution in [0.4, 0.5) is 0 Å². The van der Waals surface area contributed by atoms with E-state index in [-0.39, 0.29) is 23.4 Å². The number of phenols is 1. The fraction of sp³-hybridized carbons (Fsp3) is 0.333. The highest BCUT2D eigenvalue weighted by Crippen LogP contribution is 2.31. The number of likely N-dealkylation sites (tertiary alicyclic amines) is 1. The Morgan fingerprint density at radius 3 is 2.90 bits per heavy atom. The topological polar surface area (TPSA) is 73.6 Å². The summed E-state index contributed by atoms with van der Waals surface area (Å²) in [5.41, 5.74) is 2.09. The van der Waals surface area contributed by atoms with E-state index in [1.54, 1.807) is 11.8 Å². The third-order valence-electron chi connectivity index (χ3n) is 3.50. The summed E-state index contributed by atoms with van der Waals surface area (Å²) in [5.74, 6) is 0.104. The van der Waals surface area contributed by atoms with E-state index >= 15 is 0 Å². The SMILES string of the molecule is C=C1C[C@@H](C=N)N(C(=O)c2cc(OC)c(O)cc2C)C1. The first-order valence-corrected chi connectivity index (χ1v) is 6.33. The van der Waals surface area contributed by atoms with Crippen molar-refractivity contribution in [1.29, 1.82) is 5.41 Å². The molecule has 1 heterocycles. The van der Waals surface area contributed by atoms with E-state index in [9.17, 15) is 9.90 Å². The fourth-order valence-corrected chi connectivity index (χ4v) is 2.42. The van der Waals surface area contributed by atoms with Crippen LogP contribution in [0.1, 0.15) is 22.3 Å². The van der Waals surface area contributed by atoms with Crippen molar-refractivity contribution in [2.24, 2.45) is 0 Å². The minimum Gasteiger partial charge on any atom is -0.504 e. The third kappa shape index (κ3) is 2.39. The minimum atomic E-state index is -0.241. The Morgan fingerprint density at radius 1 is 1.60 bits per heavy atom. The number of carbonyl (C=O) groups is 1. The zero-order valence-corrected chi connectivity index (χ0v) is 11.6. The van der Waals surface area contributed by atoms with Gasteiger partial charge in [0.05, 0.1) is 13.2 Å². The smallest absolute Gasteiger partial charge is 0.255 e. The standard InChI is InChI=1S/C15H18N2O3/c1-9-4-11(7-16)17(8-9)15(19)12-6-14(20-3)13(18)5-10(12)2/h5-7,11,16,18H,1,4,8H2,2-3H3/t11-/m0/s1. The molecule has 1 atom stereocenters. The van der Waals surface area contributed by atoms with E-state index < -0.39 is 0 Å². The largest absolute Gasteiger partial charge is 0.504 e.